The zero-order chi connectivity index (χ0) is 11.7. The van der Waals surface area contributed by atoms with Gasteiger partial charge in [-0.25, -0.2) is 0 Å². The van der Waals surface area contributed by atoms with Crippen LogP contribution in [0.1, 0.15) is 35.5 Å². The Morgan fingerprint density at radius 3 is 2.82 bits per heavy atom. The molecule has 3 rings (SSSR count). The lowest BCUT2D eigenvalue weighted by molar-refractivity contribution is 0.373. The lowest BCUT2D eigenvalue weighted by Gasteiger charge is -1.96. The molecule has 0 bridgehead atoms. The molecule has 1 heterocycles. The van der Waals surface area contributed by atoms with Crippen molar-refractivity contribution in [2.24, 2.45) is 5.73 Å². The normalized spacial score (nSPS) is 22.6. The Kier molecular flexibility index (Phi) is 2.65. The van der Waals surface area contributed by atoms with Crippen LogP contribution in [0.15, 0.2) is 34.9 Å². The van der Waals surface area contributed by atoms with Crippen LogP contribution in [-0.4, -0.2) is 16.7 Å². The van der Waals surface area contributed by atoms with Crippen molar-refractivity contribution in [1.29, 1.82) is 0 Å². The second-order valence-electron chi connectivity index (χ2n) is 4.45. The first kappa shape index (κ1) is 10.5. The predicted molar refractivity (Wildman–Crippen MR) is 63.6 cm³/mol. The minimum Gasteiger partial charge on any atom is -0.339 e. The van der Waals surface area contributed by atoms with Crippen LogP contribution >= 0.6 is 0 Å². The van der Waals surface area contributed by atoms with Crippen LogP contribution in [0.4, 0.5) is 0 Å². The Labute approximate surface area is 99.8 Å². The molecule has 1 aromatic carbocycles. The van der Waals surface area contributed by atoms with Gasteiger partial charge in [-0.3, -0.25) is 0 Å². The smallest absolute Gasteiger partial charge is 0.230 e. The average Bonchev–Trinajstić information content (AvgIpc) is 3.04. The van der Waals surface area contributed by atoms with Gasteiger partial charge in [-0.15, -0.1) is 0 Å². The number of hydrogen-bond acceptors (Lipinski definition) is 4. The van der Waals surface area contributed by atoms with Gasteiger partial charge in [-0.05, 0) is 24.4 Å². The maximum atomic E-state index is 5.46. The maximum Gasteiger partial charge on any atom is 0.230 e. The van der Waals surface area contributed by atoms with Crippen molar-refractivity contribution in [2.45, 2.75) is 24.7 Å². The van der Waals surface area contributed by atoms with E-state index in [1.165, 1.54) is 5.56 Å². The molecule has 88 valence electrons. The lowest BCUT2D eigenvalue weighted by atomic mass is 10.1. The molecule has 0 aliphatic heterocycles. The van der Waals surface area contributed by atoms with Crippen LogP contribution in [0.25, 0.3) is 0 Å². The number of hydrogen-bond donors (Lipinski definition) is 1. The highest BCUT2D eigenvalue weighted by Crippen LogP contribution is 2.53. The van der Waals surface area contributed by atoms with Gasteiger partial charge in [-0.2, -0.15) is 4.98 Å². The third kappa shape index (κ3) is 2.08. The van der Waals surface area contributed by atoms with E-state index in [1.54, 1.807) is 0 Å². The van der Waals surface area contributed by atoms with Gasteiger partial charge in [0.2, 0.25) is 5.89 Å². The van der Waals surface area contributed by atoms with E-state index in [2.05, 4.69) is 34.4 Å². The van der Waals surface area contributed by atoms with Crippen LogP contribution in [0.2, 0.25) is 0 Å². The number of nitrogens with zero attached hydrogens (tertiary/aromatic N) is 2. The van der Waals surface area contributed by atoms with E-state index in [0.29, 0.717) is 24.8 Å². The van der Waals surface area contributed by atoms with E-state index in [0.717, 1.165) is 18.1 Å². The largest absolute Gasteiger partial charge is 0.339 e. The second-order valence-corrected chi connectivity index (χ2v) is 4.45. The molecule has 4 heteroatoms. The van der Waals surface area contributed by atoms with Gasteiger partial charge in [-0.1, -0.05) is 35.5 Å². The van der Waals surface area contributed by atoms with E-state index in [4.69, 9.17) is 10.3 Å². The average molecular weight is 229 g/mol. The summed E-state index contributed by atoms with van der Waals surface area (Å²) in [4.78, 5) is 4.38. The van der Waals surface area contributed by atoms with Crippen LogP contribution in [0, 0.1) is 0 Å². The van der Waals surface area contributed by atoms with E-state index < -0.39 is 0 Å². The van der Waals surface area contributed by atoms with Gasteiger partial charge in [0.05, 0.1) is 0 Å². The molecule has 2 N–H and O–H groups in total. The van der Waals surface area contributed by atoms with Crippen molar-refractivity contribution in [3.63, 3.8) is 0 Å². The molecule has 0 spiro atoms. The number of benzene rings is 1. The SMILES string of the molecule is NCCc1noc(C2CC2c2ccccc2)n1. The van der Waals surface area contributed by atoms with Gasteiger partial charge in [0.1, 0.15) is 0 Å². The van der Waals surface area contributed by atoms with E-state index in [1.807, 2.05) is 6.07 Å². The monoisotopic (exact) mass is 229 g/mol. The van der Waals surface area contributed by atoms with Crippen molar-refractivity contribution in [1.82, 2.24) is 10.1 Å². The molecule has 0 saturated heterocycles. The summed E-state index contributed by atoms with van der Waals surface area (Å²) in [5, 5.41) is 3.93. The minimum absolute atomic E-state index is 0.399. The summed E-state index contributed by atoms with van der Waals surface area (Å²) in [7, 11) is 0. The fraction of sp³-hybridized carbons (Fsp3) is 0.385. The maximum absolute atomic E-state index is 5.46. The summed E-state index contributed by atoms with van der Waals surface area (Å²) in [6.45, 7) is 0.561. The summed E-state index contributed by atoms with van der Waals surface area (Å²) in [5.41, 5.74) is 6.82. The zero-order valence-corrected chi connectivity index (χ0v) is 9.54. The molecule has 0 amide bonds. The summed E-state index contributed by atoms with van der Waals surface area (Å²) in [6.07, 6.45) is 1.79. The summed E-state index contributed by atoms with van der Waals surface area (Å²) in [6, 6.07) is 10.5. The molecular weight excluding hydrogens is 214 g/mol. The van der Waals surface area contributed by atoms with Gasteiger partial charge in [0, 0.05) is 12.3 Å². The predicted octanol–water partition coefficient (Wildman–Crippen LogP) is 1.84. The topological polar surface area (TPSA) is 64.9 Å². The molecule has 1 aliphatic carbocycles. The molecule has 1 aliphatic rings. The zero-order valence-electron chi connectivity index (χ0n) is 9.54. The first-order valence-electron chi connectivity index (χ1n) is 5.96. The van der Waals surface area contributed by atoms with Crippen molar-refractivity contribution < 1.29 is 4.52 Å². The van der Waals surface area contributed by atoms with Crippen LogP contribution in [0.3, 0.4) is 0 Å². The second kappa shape index (κ2) is 4.30. The van der Waals surface area contributed by atoms with Crippen LogP contribution in [-0.2, 0) is 6.42 Å². The molecule has 17 heavy (non-hydrogen) atoms. The highest BCUT2D eigenvalue weighted by atomic mass is 16.5. The molecule has 4 nitrogen and oxygen atoms in total. The molecule has 1 saturated carbocycles. The fourth-order valence-corrected chi connectivity index (χ4v) is 2.19. The van der Waals surface area contributed by atoms with Crippen molar-refractivity contribution in [3.8, 4) is 0 Å². The number of nitrogens with two attached hydrogens (primary N) is 1. The number of aromatic nitrogens is 2. The summed E-state index contributed by atoms with van der Waals surface area (Å²) < 4.78 is 5.28. The third-order valence-corrected chi connectivity index (χ3v) is 3.19. The summed E-state index contributed by atoms with van der Waals surface area (Å²) in [5.74, 6) is 2.43. The fourth-order valence-electron chi connectivity index (χ4n) is 2.19. The molecule has 2 atom stereocenters. The van der Waals surface area contributed by atoms with E-state index in [-0.39, 0.29) is 0 Å². The molecule has 2 aromatic rings. The van der Waals surface area contributed by atoms with E-state index in [9.17, 15) is 0 Å². The first-order valence-corrected chi connectivity index (χ1v) is 5.96. The van der Waals surface area contributed by atoms with Crippen LogP contribution in [0.5, 0.6) is 0 Å². The standard InChI is InChI=1S/C13H15N3O/c14-7-6-12-15-13(17-16-12)11-8-10(11)9-4-2-1-3-5-9/h1-5,10-11H,6-8,14H2. The van der Waals surface area contributed by atoms with Gasteiger partial charge < -0.3 is 10.3 Å². The Morgan fingerprint density at radius 2 is 2.06 bits per heavy atom. The quantitative estimate of drug-likeness (QED) is 0.868. The van der Waals surface area contributed by atoms with E-state index >= 15 is 0 Å². The van der Waals surface area contributed by atoms with Gasteiger partial charge in [0.25, 0.3) is 0 Å². The lowest BCUT2D eigenvalue weighted by Crippen LogP contribution is -2.03. The Balaban J connectivity index is 1.71. The van der Waals surface area contributed by atoms with Crippen molar-refractivity contribution in [2.75, 3.05) is 6.54 Å². The molecule has 1 fully saturated rings. The van der Waals surface area contributed by atoms with Gasteiger partial charge in [0.15, 0.2) is 5.82 Å². The van der Waals surface area contributed by atoms with Crippen molar-refractivity contribution in [3.05, 3.63) is 47.6 Å². The van der Waals surface area contributed by atoms with Gasteiger partial charge >= 0.3 is 0 Å². The first-order chi connectivity index (χ1) is 8.38. The third-order valence-electron chi connectivity index (χ3n) is 3.19. The Bertz CT molecular complexity index is 494. The Hall–Kier alpha value is -1.68. The minimum atomic E-state index is 0.399. The highest BCUT2D eigenvalue weighted by Gasteiger charge is 2.43. The highest BCUT2D eigenvalue weighted by molar-refractivity contribution is 5.30. The van der Waals surface area contributed by atoms with Crippen LogP contribution < -0.4 is 5.73 Å². The Morgan fingerprint density at radius 1 is 1.24 bits per heavy atom. The number of rotatable bonds is 4. The van der Waals surface area contributed by atoms with Crippen molar-refractivity contribution >= 4 is 0 Å². The molecule has 1 aromatic heterocycles. The molecular formula is C13H15N3O. The summed E-state index contributed by atoms with van der Waals surface area (Å²) >= 11 is 0. The molecule has 0 radical (unpaired) electrons. The molecule has 2 unspecified atom stereocenters.